The zero-order valence-electron chi connectivity index (χ0n) is 14.0. The van der Waals surface area contributed by atoms with Crippen molar-refractivity contribution in [2.75, 3.05) is 13.2 Å². The Morgan fingerprint density at radius 2 is 1.96 bits per heavy atom. The van der Waals surface area contributed by atoms with Crippen molar-refractivity contribution in [3.63, 3.8) is 0 Å². The summed E-state index contributed by atoms with van der Waals surface area (Å²) in [4.78, 5) is 40.4. The number of hydrogen-bond acceptors (Lipinski definition) is 4. The molecule has 1 saturated carbocycles. The molecule has 1 aliphatic carbocycles. The number of Topliss-reactive ketones (excluding diaryl/α,β-unsaturated/α-hetero) is 1. The van der Waals surface area contributed by atoms with Crippen molar-refractivity contribution < 1.29 is 19.1 Å². The molecule has 2 fully saturated rings. The lowest BCUT2D eigenvalue weighted by Gasteiger charge is -2.44. The largest absolute Gasteiger partial charge is 0.451 e. The number of rotatable bonds is 4. The van der Waals surface area contributed by atoms with E-state index in [-0.39, 0.29) is 24.0 Å². The Morgan fingerprint density at radius 3 is 2.71 bits per heavy atom. The molecule has 6 nitrogen and oxygen atoms in total. The summed E-state index contributed by atoms with van der Waals surface area (Å²) < 4.78 is 5.14. The second-order valence-corrected chi connectivity index (χ2v) is 6.78. The van der Waals surface area contributed by atoms with Crippen molar-refractivity contribution in [2.24, 2.45) is 5.92 Å². The number of nitrogens with zero attached hydrogens (tertiary/aromatic N) is 1. The van der Waals surface area contributed by atoms with E-state index in [1.54, 1.807) is 0 Å². The number of likely N-dealkylation sites (tertiary alicyclic amines) is 1. The van der Waals surface area contributed by atoms with E-state index in [1.807, 2.05) is 4.90 Å². The van der Waals surface area contributed by atoms with E-state index >= 15 is 0 Å². The molecule has 6 heteroatoms. The van der Waals surface area contributed by atoms with Crippen molar-refractivity contribution in [3.05, 3.63) is 23.5 Å². The number of ketones is 1. The SMILES string of the molecule is CC(=O)c1c[nH]c(C(=O)OCC(=O)N2CCC[C@@H]3CCCC[C@@H]32)c1. The summed E-state index contributed by atoms with van der Waals surface area (Å²) in [6.07, 6.45) is 8.38. The van der Waals surface area contributed by atoms with Gasteiger partial charge in [0.05, 0.1) is 0 Å². The molecule has 1 amide bonds. The standard InChI is InChI=1S/C18H24N2O4/c1-12(21)14-9-15(19-10-14)18(23)24-11-17(22)20-8-4-6-13-5-2-3-7-16(13)20/h9-10,13,16,19H,2-8,11H2,1H3/t13-,16-/m0/s1. The number of piperidine rings is 1. The minimum Gasteiger partial charge on any atom is -0.451 e. The molecule has 1 saturated heterocycles. The first-order valence-electron chi connectivity index (χ1n) is 8.72. The van der Waals surface area contributed by atoms with E-state index in [4.69, 9.17) is 4.74 Å². The summed E-state index contributed by atoms with van der Waals surface area (Å²) in [5.74, 6) is -0.238. The molecule has 1 aromatic heterocycles. The maximum Gasteiger partial charge on any atom is 0.355 e. The Kier molecular flexibility index (Phi) is 5.02. The van der Waals surface area contributed by atoms with Crippen LogP contribution in [0.15, 0.2) is 12.3 Å². The third-order valence-electron chi connectivity index (χ3n) is 5.20. The van der Waals surface area contributed by atoms with Crippen LogP contribution in [0.4, 0.5) is 0 Å². The molecule has 24 heavy (non-hydrogen) atoms. The average Bonchev–Trinajstić information content (AvgIpc) is 3.09. The van der Waals surface area contributed by atoms with Crippen LogP contribution in [-0.2, 0) is 9.53 Å². The van der Waals surface area contributed by atoms with Gasteiger partial charge in [0.1, 0.15) is 5.69 Å². The number of amides is 1. The summed E-state index contributed by atoms with van der Waals surface area (Å²) in [5, 5.41) is 0. The Hall–Kier alpha value is -2.11. The van der Waals surface area contributed by atoms with Crippen LogP contribution < -0.4 is 0 Å². The second kappa shape index (κ2) is 7.20. The number of hydrogen-bond donors (Lipinski definition) is 1. The molecule has 2 heterocycles. The molecule has 1 aromatic rings. The number of nitrogens with one attached hydrogen (secondary N) is 1. The molecule has 0 radical (unpaired) electrons. The van der Waals surface area contributed by atoms with Crippen molar-refractivity contribution in [1.82, 2.24) is 9.88 Å². The third kappa shape index (κ3) is 3.52. The fourth-order valence-corrected chi connectivity index (χ4v) is 3.94. The number of carbonyl (C=O) groups is 3. The van der Waals surface area contributed by atoms with E-state index < -0.39 is 5.97 Å². The van der Waals surface area contributed by atoms with Crippen LogP contribution in [0.25, 0.3) is 0 Å². The van der Waals surface area contributed by atoms with Crippen LogP contribution in [-0.4, -0.2) is 46.7 Å². The topological polar surface area (TPSA) is 79.5 Å². The fraction of sp³-hybridized carbons (Fsp3) is 0.611. The van der Waals surface area contributed by atoms with Gasteiger partial charge in [-0.05, 0) is 44.6 Å². The predicted octanol–water partition coefficient (Wildman–Crippen LogP) is 2.56. The normalized spacial score (nSPS) is 23.5. The minimum atomic E-state index is -0.604. The predicted molar refractivity (Wildman–Crippen MR) is 87.8 cm³/mol. The van der Waals surface area contributed by atoms with Gasteiger partial charge in [0.2, 0.25) is 0 Å². The number of carbonyl (C=O) groups excluding carboxylic acids is 3. The average molecular weight is 332 g/mol. The number of H-pyrrole nitrogens is 1. The molecular formula is C18H24N2O4. The van der Waals surface area contributed by atoms with Crippen LogP contribution in [0.2, 0.25) is 0 Å². The first kappa shape index (κ1) is 16.7. The molecule has 0 aromatic carbocycles. The number of fused-ring (bicyclic) bond motifs is 1. The molecule has 0 unspecified atom stereocenters. The Balaban J connectivity index is 1.56. The van der Waals surface area contributed by atoms with Crippen LogP contribution >= 0.6 is 0 Å². The highest BCUT2D eigenvalue weighted by molar-refractivity contribution is 5.97. The van der Waals surface area contributed by atoms with Gasteiger partial charge in [-0.25, -0.2) is 4.79 Å². The van der Waals surface area contributed by atoms with Gasteiger partial charge in [0, 0.05) is 24.3 Å². The maximum absolute atomic E-state index is 12.5. The van der Waals surface area contributed by atoms with Gasteiger partial charge >= 0.3 is 5.97 Å². The Bertz CT molecular complexity index is 635. The molecular weight excluding hydrogens is 308 g/mol. The van der Waals surface area contributed by atoms with E-state index in [1.165, 1.54) is 44.9 Å². The van der Waals surface area contributed by atoms with Gasteiger partial charge in [-0.15, -0.1) is 0 Å². The number of aromatic amines is 1. The van der Waals surface area contributed by atoms with E-state index in [0.717, 1.165) is 19.4 Å². The van der Waals surface area contributed by atoms with Crippen LogP contribution in [0, 0.1) is 5.92 Å². The van der Waals surface area contributed by atoms with Crippen LogP contribution in [0.3, 0.4) is 0 Å². The zero-order valence-corrected chi connectivity index (χ0v) is 14.0. The summed E-state index contributed by atoms with van der Waals surface area (Å²) in [6, 6.07) is 1.77. The third-order valence-corrected chi connectivity index (χ3v) is 5.20. The lowest BCUT2D eigenvalue weighted by atomic mass is 9.78. The number of esters is 1. The second-order valence-electron chi connectivity index (χ2n) is 6.78. The fourth-order valence-electron chi connectivity index (χ4n) is 3.94. The Labute approximate surface area is 141 Å². The smallest absolute Gasteiger partial charge is 0.355 e. The van der Waals surface area contributed by atoms with Gasteiger partial charge in [0.25, 0.3) is 5.91 Å². The van der Waals surface area contributed by atoms with Crippen LogP contribution in [0.1, 0.15) is 66.3 Å². The highest BCUT2D eigenvalue weighted by atomic mass is 16.5. The lowest BCUT2D eigenvalue weighted by Crippen LogP contribution is -2.50. The summed E-state index contributed by atoms with van der Waals surface area (Å²) in [5.41, 5.74) is 0.622. The quantitative estimate of drug-likeness (QED) is 0.679. The maximum atomic E-state index is 12.5. The van der Waals surface area contributed by atoms with Gasteiger partial charge in [-0.2, -0.15) is 0 Å². The first-order valence-corrected chi connectivity index (χ1v) is 8.72. The highest BCUT2D eigenvalue weighted by Gasteiger charge is 2.35. The highest BCUT2D eigenvalue weighted by Crippen LogP contribution is 2.35. The van der Waals surface area contributed by atoms with Crippen molar-refractivity contribution in [1.29, 1.82) is 0 Å². The van der Waals surface area contributed by atoms with Gasteiger partial charge in [0.15, 0.2) is 12.4 Å². The molecule has 1 aliphatic heterocycles. The monoisotopic (exact) mass is 332 g/mol. The van der Waals surface area contributed by atoms with Crippen molar-refractivity contribution >= 4 is 17.7 Å². The minimum absolute atomic E-state index is 0.113. The number of aromatic nitrogens is 1. The number of ether oxygens (including phenoxy) is 1. The summed E-state index contributed by atoms with van der Waals surface area (Å²) in [7, 11) is 0. The Morgan fingerprint density at radius 1 is 1.21 bits per heavy atom. The zero-order chi connectivity index (χ0) is 17.1. The molecule has 1 N–H and O–H groups in total. The van der Waals surface area contributed by atoms with Crippen molar-refractivity contribution in [2.45, 2.75) is 51.5 Å². The van der Waals surface area contributed by atoms with E-state index in [9.17, 15) is 14.4 Å². The first-order chi connectivity index (χ1) is 11.6. The van der Waals surface area contributed by atoms with Gasteiger partial charge in [-0.3, -0.25) is 9.59 Å². The molecule has 130 valence electrons. The van der Waals surface area contributed by atoms with Gasteiger partial charge in [-0.1, -0.05) is 12.8 Å². The summed E-state index contributed by atoms with van der Waals surface area (Å²) >= 11 is 0. The van der Waals surface area contributed by atoms with Crippen molar-refractivity contribution in [3.8, 4) is 0 Å². The van der Waals surface area contributed by atoms with Crippen LogP contribution in [0.5, 0.6) is 0 Å². The van der Waals surface area contributed by atoms with Gasteiger partial charge < -0.3 is 14.6 Å². The van der Waals surface area contributed by atoms with E-state index in [0.29, 0.717) is 17.5 Å². The van der Waals surface area contributed by atoms with E-state index in [2.05, 4.69) is 4.98 Å². The molecule has 2 atom stereocenters. The molecule has 3 rings (SSSR count). The summed E-state index contributed by atoms with van der Waals surface area (Å²) in [6.45, 7) is 1.95. The molecule has 2 aliphatic rings. The molecule has 0 bridgehead atoms. The lowest BCUT2D eigenvalue weighted by molar-refractivity contribution is -0.140. The molecule has 0 spiro atoms.